The lowest BCUT2D eigenvalue weighted by molar-refractivity contribution is 0.0808. The molecule has 2 rings (SSSR count). The standard InChI is InChI=1S/C18H36N2S/c1-13-11-20(12-14(2)21-13)17(10-19)15-6-8-16(9-7-15)18(3,4)5/h13-17H,6-12,19H2,1-5H3. The second-order valence-corrected chi connectivity index (χ2v) is 10.4. The molecule has 1 saturated carbocycles. The molecule has 1 aliphatic carbocycles. The van der Waals surface area contributed by atoms with Gasteiger partial charge in [-0.1, -0.05) is 34.6 Å². The molecule has 0 spiro atoms. The first-order chi connectivity index (χ1) is 9.81. The van der Waals surface area contributed by atoms with Crippen LogP contribution in [0.5, 0.6) is 0 Å². The van der Waals surface area contributed by atoms with Gasteiger partial charge in [0, 0.05) is 36.2 Å². The van der Waals surface area contributed by atoms with E-state index in [2.05, 4.69) is 51.3 Å². The molecule has 0 aromatic heterocycles. The van der Waals surface area contributed by atoms with Gasteiger partial charge in [-0.25, -0.2) is 0 Å². The maximum Gasteiger partial charge on any atom is 0.0247 e. The van der Waals surface area contributed by atoms with Crippen LogP contribution in [0.4, 0.5) is 0 Å². The van der Waals surface area contributed by atoms with E-state index < -0.39 is 0 Å². The molecule has 21 heavy (non-hydrogen) atoms. The van der Waals surface area contributed by atoms with E-state index in [0.29, 0.717) is 11.5 Å². The minimum Gasteiger partial charge on any atom is -0.329 e. The van der Waals surface area contributed by atoms with Crippen LogP contribution in [0.25, 0.3) is 0 Å². The lowest BCUT2D eigenvalue weighted by atomic mass is 9.68. The smallest absolute Gasteiger partial charge is 0.0247 e. The Kier molecular flexibility index (Phi) is 6.07. The average Bonchev–Trinajstić information content (AvgIpc) is 2.38. The van der Waals surface area contributed by atoms with E-state index in [1.54, 1.807) is 0 Å². The predicted molar refractivity (Wildman–Crippen MR) is 95.8 cm³/mol. The van der Waals surface area contributed by atoms with Crippen molar-refractivity contribution < 1.29 is 0 Å². The SMILES string of the molecule is CC1CN(C(CN)C2CCC(C(C)(C)C)CC2)CC(C)S1. The summed E-state index contributed by atoms with van der Waals surface area (Å²) in [4.78, 5) is 2.72. The summed E-state index contributed by atoms with van der Waals surface area (Å²) in [7, 11) is 0. The van der Waals surface area contributed by atoms with Crippen LogP contribution in [0.2, 0.25) is 0 Å². The molecule has 0 aromatic carbocycles. The zero-order chi connectivity index (χ0) is 15.6. The fourth-order valence-corrected chi connectivity index (χ4v) is 5.85. The highest BCUT2D eigenvalue weighted by atomic mass is 32.2. The third-order valence-electron chi connectivity index (χ3n) is 5.70. The summed E-state index contributed by atoms with van der Waals surface area (Å²) in [5, 5.41) is 1.52. The van der Waals surface area contributed by atoms with E-state index in [1.807, 2.05) is 0 Å². The zero-order valence-corrected chi connectivity index (χ0v) is 15.6. The van der Waals surface area contributed by atoms with Crippen LogP contribution in [0, 0.1) is 17.3 Å². The van der Waals surface area contributed by atoms with Gasteiger partial charge < -0.3 is 5.73 Å². The molecule has 0 amide bonds. The fraction of sp³-hybridized carbons (Fsp3) is 1.00. The Morgan fingerprint density at radius 1 is 1.05 bits per heavy atom. The summed E-state index contributed by atoms with van der Waals surface area (Å²) in [6, 6.07) is 0.622. The molecule has 1 saturated heterocycles. The monoisotopic (exact) mass is 312 g/mol. The van der Waals surface area contributed by atoms with E-state index in [0.717, 1.165) is 28.9 Å². The summed E-state index contributed by atoms with van der Waals surface area (Å²) in [5.41, 5.74) is 6.68. The van der Waals surface area contributed by atoms with Gasteiger partial charge in [0.15, 0.2) is 0 Å². The highest BCUT2D eigenvalue weighted by Gasteiger charge is 2.36. The van der Waals surface area contributed by atoms with E-state index >= 15 is 0 Å². The van der Waals surface area contributed by atoms with Crippen molar-refractivity contribution in [3.05, 3.63) is 0 Å². The fourth-order valence-electron chi connectivity index (χ4n) is 4.50. The third-order valence-corrected chi connectivity index (χ3v) is 6.93. The lowest BCUT2D eigenvalue weighted by Crippen LogP contribution is -2.53. The number of nitrogens with two attached hydrogens (primary N) is 1. The van der Waals surface area contributed by atoms with Crippen molar-refractivity contribution in [3.63, 3.8) is 0 Å². The van der Waals surface area contributed by atoms with Crippen molar-refractivity contribution in [1.82, 2.24) is 4.90 Å². The maximum atomic E-state index is 6.20. The van der Waals surface area contributed by atoms with Gasteiger partial charge >= 0.3 is 0 Å². The molecule has 2 nitrogen and oxygen atoms in total. The molecule has 3 heteroatoms. The van der Waals surface area contributed by atoms with Crippen LogP contribution < -0.4 is 5.73 Å². The Morgan fingerprint density at radius 2 is 1.57 bits per heavy atom. The Hall–Kier alpha value is 0.270. The molecule has 3 unspecified atom stereocenters. The molecule has 2 N–H and O–H groups in total. The molecule has 0 aromatic rings. The minimum absolute atomic E-state index is 0.480. The van der Waals surface area contributed by atoms with E-state index in [1.165, 1.54) is 38.8 Å². The van der Waals surface area contributed by atoms with Crippen molar-refractivity contribution in [2.24, 2.45) is 23.0 Å². The second kappa shape index (κ2) is 7.23. The van der Waals surface area contributed by atoms with Crippen molar-refractivity contribution in [3.8, 4) is 0 Å². The number of thioether (sulfide) groups is 1. The van der Waals surface area contributed by atoms with Gasteiger partial charge in [-0.15, -0.1) is 0 Å². The molecule has 1 heterocycles. The van der Waals surface area contributed by atoms with Crippen LogP contribution in [0.3, 0.4) is 0 Å². The van der Waals surface area contributed by atoms with Crippen LogP contribution in [0.1, 0.15) is 60.3 Å². The van der Waals surface area contributed by atoms with Crippen LogP contribution in [-0.2, 0) is 0 Å². The van der Waals surface area contributed by atoms with E-state index in [9.17, 15) is 0 Å². The summed E-state index contributed by atoms with van der Waals surface area (Å²) >= 11 is 2.14. The first kappa shape index (κ1) is 17.6. The minimum atomic E-state index is 0.480. The molecule has 3 atom stereocenters. The van der Waals surface area contributed by atoms with Crippen LogP contribution in [0.15, 0.2) is 0 Å². The Labute approximate surface area is 136 Å². The van der Waals surface area contributed by atoms with Gasteiger partial charge in [-0.05, 0) is 42.9 Å². The zero-order valence-electron chi connectivity index (χ0n) is 14.8. The second-order valence-electron chi connectivity index (χ2n) is 8.49. The number of rotatable bonds is 3. The van der Waals surface area contributed by atoms with Gasteiger partial charge in [0.2, 0.25) is 0 Å². The van der Waals surface area contributed by atoms with Crippen molar-refractivity contribution in [1.29, 1.82) is 0 Å². The molecular formula is C18H36N2S. The molecule has 2 aliphatic rings. The van der Waals surface area contributed by atoms with Crippen LogP contribution >= 0.6 is 11.8 Å². The first-order valence-electron chi connectivity index (χ1n) is 8.90. The maximum absolute atomic E-state index is 6.20. The van der Waals surface area contributed by atoms with Crippen molar-refractivity contribution in [2.75, 3.05) is 19.6 Å². The molecule has 0 radical (unpaired) electrons. The Balaban J connectivity index is 1.93. The summed E-state index contributed by atoms with van der Waals surface area (Å²) in [6.45, 7) is 15.3. The lowest BCUT2D eigenvalue weighted by Gasteiger charge is -2.45. The largest absolute Gasteiger partial charge is 0.329 e. The summed E-state index contributed by atoms with van der Waals surface area (Å²) < 4.78 is 0. The third kappa shape index (κ3) is 4.62. The first-order valence-corrected chi connectivity index (χ1v) is 9.85. The van der Waals surface area contributed by atoms with E-state index in [-0.39, 0.29) is 0 Å². The van der Waals surface area contributed by atoms with Gasteiger partial charge in [-0.2, -0.15) is 11.8 Å². The molecular weight excluding hydrogens is 276 g/mol. The Morgan fingerprint density at radius 3 is 2.00 bits per heavy atom. The van der Waals surface area contributed by atoms with E-state index in [4.69, 9.17) is 5.73 Å². The molecule has 2 fully saturated rings. The van der Waals surface area contributed by atoms with Crippen LogP contribution in [-0.4, -0.2) is 41.1 Å². The number of nitrogens with zero attached hydrogens (tertiary/aromatic N) is 1. The molecule has 0 bridgehead atoms. The highest BCUT2D eigenvalue weighted by molar-refractivity contribution is 8.00. The average molecular weight is 313 g/mol. The van der Waals surface area contributed by atoms with Crippen molar-refractivity contribution in [2.45, 2.75) is 76.8 Å². The Bertz CT molecular complexity index is 308. The summed E-state index contributed by atoms with van der Waals surface area (Å²) in [6.07, 6.45) is 5.57. The molecule has 1 aliphatic heterocycles. The topological polar surface area (TPSA) is 29.3 Å². The van der Waals surface area contributed by atoms with Gasteiger partial charge in [0.25, 0.3) is 0 Å². The van der Waals surface area contributed by atoms with Crippen molar-refractivity contribution >= 4 is 11.8 Å². The number of hydrogen-bond donors (Lipinski definition) is 1. The highest BCUT2D eigenvalue weighted by Crippen LogP contribution is 2.41. The summed E-state index contributed by atoms with van der Waals surface area (Å²) in [5.74, 6) is 1.73. The molecule has 124 valence electrons. The van der Waals surface area contributed by atoms with Gasteiger partial charge in [0.05, 0.1) is 0 Å². The quantitative estimate of drug-likeness (QED) is 0.854. The number of hydrogen-bond acceptors (Lipinski definition) is 3. The normalized spacial score (nSPS) is 37.4. The van der Waals surface area contributed by atoms with Gasteiger partial charge in [-0.3, -0.25) is 4.90 Å². The van der Waals surface area contributed by atoms with Gasteiger partial charge in [0.1, 0.15) is 0 Å². The predicted octanol–water partition coefficient (Wildman–Crippen LogP) is 3.99.